The van der Waals surface area contributed by atoms with E-state index in [1.165, 1.54) is 12.1 Å². The SMILES string of the molecule is Fc1cccc(CNc2ccn[nH]2)c1. The van der Waals surface area contributed by atoms with Crippen molar-refractivity contribution in [3.63, 3.8) is 0 Å². The quantitative estimate of drug-likeness (QED) is 0.780. The van der Waals surface area contributed by atoms with Crippen LogP contribution in [-0.2, 0) is 6.54 Å². The zero-order valence-corrected chi connectivity index (χ0v) is 7.50. The monoisotopic (exact) mass is 191 g/mol. The zero-order chi connectivity index (χ0) is 9.80. The van der Waals surface area contributed by atoms with Crippen LogP contribution in [-0.4, -0.2) is 10.2 Å². The first kappa shape index (κ1) is 8.74. The molecule has 0 aliphatic rings. The molecule has 0 unspecified atom stereocenters. The van der Waals surface area contributed by atoms with Crippen molar-refractivity contribution in [2.75, 3.05) is 5.32 Å². The Kier molecular flexibility index (Phi) is 2.44. The Hall–Kier alpha value is -1.84. The maximum absolute atomic E-state index is 12.8. The molecule has 72 valence electrons. The molecule has 14 heavy (non-hydrogen) atoms. The Morgan fingerprint density at radius 3 is 3.00 bits per heavy atom. The molecule has 1 aromatic heterocycles. The predicted molar refractivity (Wildman–Crippen MR) is 52.3 cm³/mol. The van der Waals surface area contributed by atoms with Gasteiger partial charge < -0.3 is 5.32 Å². The number of aromatic amines is 1. The van der Waals surface area contributed by atoms with Gasteiger partial charge in [-0.2, -0.15) is 5.10 Å². The van der Waals surface area contributed by atoms with E-state index in [1.807, 2.05) is 12.1 Å². The van der Waals surface area contributed by atoms with Crippen molar-refractivity contribution in [2.45, 2.75) is 6.54 Å². The summed E-state index contributed by atoms with van der Waals surface area (Å²) in [7, 11) is 0. The summed E-state index contributed by atoms with van der Waals surface area (Å²) in [4.78, 5) is 0. The fraction of sp³-hybridized carbons (Fsp3) is 0.100. The van der Waals surface area contributed by atoms with Gasteiger partial charge in [0.25, 0.3) is 0 Å². The van der Waals surface area contributed by atoms with Crippen molar-refractivity contribution >= 4 is 5.82 Å². The van der Waals surface area contributed by atoms with Gasteiger partial charge in [0.1, 0.15) is 11.6 Å². The molecule has 0 bridgehead atoms. The standard InChI is InChI=1S/C10H10FN3/c11-9-3-1-2-8(6-9)7-12-10-4-5-13-14-10/h1-6H,7H2,(H2,12,13,14). The third kappa shape index (κ3) is 2.10. The largest absolute Gasteiger partial charge is 0.366 e. The van der Waals surface area contributed by atoms with E-state index < -0.39 is 0 Å². The minimum Gasteiger partial charge on any atom is -0.366 e. The molecule has 0 spiro atoms. The Morgan fingerprint density at radius 2 is 2.29 bits per heavy atom. The third-order valence-electron chi connectivity index (χ3n) is 1.87. The smallest absolute Gasteiger partial charge is 0.123 e. The average molecular weight is 191 g/mol. The van der Waals surface area contributed by atoms with Crippen LogP contribution in [0.25, 0.3) is 0 Å². The van der Waals surface area contributed by atoms with E-state index in [0.29, 0.717) is 6.54 Å². The number of H-pyrrole nitrogens is 1. The Labute approximate surface area is 81.0 Å². The Morgan fingerprint density at radius 1 is 1.36 bits per heavy atom. The summed E-state index contributed by atoms with van der Waals surface area (Å²) in [6, 6.07) is 8.31. The van der Waals surface area contributed by atoms with Gasteiger partial charge in [-0.15, -0.1) is 0 Å². The van der Waals surface area contributed by atoms with Gasteiger partial charge in [-0.1, -0.05) is 12.1 Å². The zero-order valence-electron chi connectivity index (χ0n) is 7.50. The summed E-state index contributed by atoms with van der Waals surface area (Å²) >= 11 is 0. The van der Waals surface area contributed by atoms with E-state index in [4.69, 9.17) is 0 Å². The summed E-state index contributed by atoms with van der Waals surface area (Å²) in [5, 5.41) is 9.64. The van der Waals surface area contributed by atoms with Crippen LogP contribution < -0.4 is 5.32 Å². The highest BCUT2D eigenvalue weighted by Crippen LogP contribution is 2.06. The summed E-state index contributed by atoms with van der Waals surface area (Å²) in [5.41, 5.74) is 0.902. The van der Waals surface area contributed by atoms with E-state index in [9.17, 15) is 4.39 Å². The number of benzene rings is 1. The van der Waals surface area contributed by atoms with Crippen LogP contribution in [0.15, 0.2) is 36.5 Å². The first-order valence-electron chi connectivity index (χ1n) is 4.32. The minimum absolute atomic E-state index is 0.214. The van der Waals surface area contributed by atoms with Crippen LogP contribution in [0.1, 0.15) is 5.56 Å². The fourth-order valence-corrected chi connectivity index (χ4v) is 1.20. The normalized spacial score (nSPS) is 10.1. The lowest BCUT2D eigenvalue weighted by molar-refractivity contribution is 0.626. The molecule has 0 saturated carbocycles. The van der Waals surface area contributed by atoms with Gasteiger partial charge in [-0.05, 0) is 23.8 Å². The van der Waals surface area contributed by atoms with Crippen LogP contribution in [0.3, 0.4) is 0 Å². The maximum Gasteiger partial charge on any atom is 0.123 e. The molecular weight excluding hydrogens is 181 g/mol. The molecule has 1 aromatic carbocycles. The number of nitrogens with zero attached hydrogens (tertiary/aromatic N) is 1. The Balaban J connectivity index is 1.98. The van der Waals surface area contributed by atoms with E-state index in [2.05, 4.69) is 15.5 Å². The average Bonchev–Trinajstić information content (AvgIpc) is 2.67. The molecule has 0 fully saturated rings. The second kappa shape index (κ2) is 3.91. The fourth-order valence-electron chi connectivity index (χ4n) is 1.20. The molecule has 1 heterocycles. The molecule has 0 saturated heterocycles. The van der Waals surface area contributed by atoms with Crippen molar-refractivity contribution in [1.82, 2.24) is 10.2 Å². The summed E-state index contributed by atoms with van der Waals surface area (Å²) < 4.78 is 12.8. The molecule has 4 heteroatoms. The highest BCUT2D eigenvalue weighted by Gasteiger charge is 1.95. The second-order valence-corrected chi connectivity index (χ2v) is 2.95. The lowest BCUT2D eigenvalue weighted by atomic mass is 10.2. The van der Waals surface area contributed by atoms with Crippen molar-refractivity contribution in [2.24, 2.45) is 0 Å². The van der Waals surface area contributed by atoms with E-state index in [0.717, 1.165) is 11.4 Å². The van der Waals surface area contributed by atoms with Crippen molar-refractivity contribution in [3.8, 4) is 0 Å². The van der Waals surface area contributed by atoms with E-state index in [1.54, 1.807) is 12.3 Å². The van der Waals surface area contributed by atoms with Crippen LogP contribution in [0, 0.1) is 5.82 Å². The number of hydrogen-bond donors (Lipinski definition) is 2. The van der Waals surface area contributed by atoms with Gasteiger partial charge >= 0.3 is 0 Å². The molecule has 0 amide bonds. The highest BCUT2D eigenvalue weighted by atomic mass is 19.1. The number of aromatic nitrogens is 2. The van der Waals surface area contributed by atoms with Gasteiger partial charge in [0.05, 0.1) is 6.20 Å². The molecule has 2 aromatic rings. The third-order valence-corrected chi connectivity index (χ3v) is 1.87. The molecule has 0 atom stereocenters. The predicted octanol–water partition coefficient (Wildman–Crippen LogP) is 2.16. The van der Waals surface area contributed by atoms with Gasteiger partial charge in [-0.3, -0.25) is 5.10 Å². The number of hydrogen-bond acceptors (Lipinski definition) is 2. The molecule has 3 nitrogen and oxygen atoms in total. The molecule has 0 aliphatic heterocycles. The topological polar surface area (TPSA) is 40.7 Å². The molecular formula is C10H10FN3. The van der Waals surface area contributed by atoms with Crippen LogP contribution in [0.2, 0.25) is 0 Å². The molecule has 2 N–H and O–H groups in total. The van der Waals surface area contributed by atoms with Gasteiger partial charge in [0.15, 0.2) is 0 Å². The van der Waals surface area contributed by atoms with Crippen molar-refractivity contribution < 1.29 is 4.39 Å². The molecule has 2 rings (SSSR count). The summed E-state index contributed by atoms with van der Waals surface area (Å²) in [5.74, 6) is 0.614. The number of halogens is 1. The minimum atomic E-state index is -0.214. The van der Waals surface area contributed by atoms with Crippen molar-refractivity contribution in [1.29, 1.82) is 0 Å². The van der Waals surface area contributed by atoms with E-state index >= 15 is 0 Å². The van der Waals surface area contributed by atoms with Crippen LogP contribution in [0.4, 0.5) is 10.2 Å². The van der Waals surface area contributed by atoms with E-state index in [-0.39, 0.29) is 5.82 Å². The Bertz CT molecular complexity index is 398. The number of rotatable bonds is 3. The number of anilines is 1. The molecule has 0 aliphatic carbocycles. The second-order valence-electron chi connectivity index (χ2n) is 2.95. The maximum atomic E-state index is 12.8. The van der Waals surface area contributed by atoms with Gasteiger partial charge in [0.2, 0.25) is 0 Å². The highest BCUT2D eigenvalue weighted by molar-refractivity contribution is 5.33. The van der Waals surface area contributed by atoms with Gasteiger partial charge in [0, 0.05) is 6.54 Å². The van der Waals surface area contributed by atoms with Gasteiger partial charge in [-0.25, -0.2) is 4.39 Å². The lowest BCUT2D eigenvalue weighted by Crippen LogP contribution is -1.99. The summed E-state index contributed by atoms with van der Waals surface area (Å²) in [6.07, 6.45) is 1.66. The summed E-state index contributed by atoms with van der Waals surface area (Å²) in [6.45, 7) is 0.583. The van der Waals surface area contributed by atoms with Crippen molar-refractivity contribution in [3.05, 3.63) is 47.9 Å². The molecule has 0 radical (unpaired) electrons. The first-order valence-corrected chi connectivity index (χ1v) is 4.32. The van der Waals surface area contributed by atoms with Crippen LogP contribution >= 0.6 is 0 Å². The first-order chi connectivity index (χ1) is 6.84. The lowest BCUT2D eigenvalue weighted by Gasteiger charge is -2.03. The number of nitrogens with one attached hydrogen (secondary N) is 2. The van der Waals surface area contributed by atoms with Crippen LogP contribution in [0.5, 0.6) is 0 Å².